The van der Waals surface area contributed by atoms with Crippen LogP contribution < -0.4 is 0 Å². The van der Waals surface area contributed by atoms with Crippen molar-refractivity contribution in [1.29, 1.82) is 0 Å². The Morgan fingerprint density at radius 2 is 2.11 bits per heavy atom. The van der Waals surface area contributed by atoms with E-state index in [4.69, 9.17) is 14.2 Å². The van der Waals surface area contributed by atoms with E-state index in [9.17, 15) is 4.79 Å². The fourth-order valence-corrected chi connectivity index (χ4v) is 2.67. The second kappa shape index (κ2) is 7.07. The van der Waals surface area contributed by atoms with E-state index >= 15 is 0 Å². The lowest BCUT2D eigenvalue weighted by Gasteiger charge is -2.37. The molecule has 1 unspecified atom stereocenters. The van der Waals surface area contributed by atoms with Gasteiger partial charge in [0.1, 0.15) is 0 Å². The quantitative estimate of drug-likeness (QED) is 0.692. The number of carbonyl (C=O) groups excluding carboxylic acids is 1. The maximum absolute atomic E-state index is 11.4. The first-order chi connectivity index (χ1) is 8.81. The van der Waals surface area contributed by atoms with Crippen LogP contribution >= 0.6 is 0 Å². The van der Waals surface area contributed by atoms with Crippen molar-refractivity contribution in [1.82, 2.24) is 4.90 Å². The number of nitrogens with zero attached hydrogens (tertiary/aromatic N) is 1. The molecule has 2 aliphatic heterocycles. The summed E-state index contributed by atoms with van der Waals surface area (Å²) in [4.78, 5) is 13.7. The summed E-state index contributed by atoms with van der Waals surface area (Å²) in [6, 6.07) is 0.302. The third-order valence-corrected chi connectivity index (χ3v) is 3.53. The van der Waals surface area contributed by atoms with Crippen molar-refractivity contribution in [2.24, 2.45) is 0 Å². The Morgan fingerprint density at radius 1 is 1.33 bits per heavy atom. The summed E-state index contributed by atoms with van der Waals surface area (Å²) in [5.74, 6) is -0.116. The van der Waals surface area contributed by atoms with E-state index in [0.29, 0.717) is 32.3 Å². The normalized spacial score (nSPS) is 26.4. The molecule has 5 heteroatoms. The highest BCUT2D eigenvalue weighted by atomic mass is 16.7. The molecule has 0 amide bonds. The first kappa shape index (κ1) is 13.8. The van der Waals surface area contributed by atoms with Gasteiger partial charge in [0.25, 0.3) is 0 Å². The third-order valence-electron chi connectivity index (χ3n) is 3.53. The van der Waals surface area contributed by atoms with Gasteiger partial charge in [-0.25, -0.2) is 0 Å². The molecule has 0 aromatic rings. The first-order valence-electron chi connectivity index (χ1n) is 6.94. The predicted octanol–water partition coefficient (Wildman–Crippen LogP) is 1.17. The Hall–Kier alpha value is -0.650. The molecule has 2 fully saturated rings. The minimum Gasteiger partial charge on any atom is -0.466 e. The highest BCUT2D eigenvalue weighted by molar-refractivity contribution is 5.69. The summed E-state index contributed by atoms with van der Waals surface area (Å²) < 4.78 is 16.2. The molecule has 1 atom stereocenters. The molecule has 0 N–H and O–H groups in total. The van der Waals surface area contributed by atoms with Crippen LogP contribution in [0.1, 0.15) is 32.6 Å². The zero-order valence-corrected chi connectivity index (χ0v) is 11.1. The molecule has 0 aliphatic carbocycles. The monoisotopic (exact) mass is 257 g/mol. The number of rotatable bonds is 5. The van der Waals surface area contributed by atoms with Crippen molar-refractivity contribution in [2.45, 2.75) is 44.9 Å². The standard InChI is InChI=1S/C13H23NO4/c1-2-16-12(15)6-8-14-7-4-3-5-11(14)13-17-9-10-18-13/h11,13H,2-10H2,1H3. The lowest BCUT2D eigenvalue weighted by atomic mass is 10.0. The van der Waals surface area contributed by atoms with Gasteiger partial charge in [0.05, 0.1) is 32.3 Å². The summed E-state index contributed by atoms with van der Waals surface area (Å²) in [6.45, 7) is 5.43. The SMILES string of the molecule is CCOC(=O)CCN1CCCCC1C1OCCO1. The van der Waals surface area contributed by atoms with Crippen LogP contribution in [0.2, 0.25) is 0 Å². The number of esters is 1. The third kappa shape index (κ3) is 3.67. The Bertz CT molecular complexity index is 266. The van der Waals surface area contributed by atoms with E-state index in [2.05, 4.69) is 4.90 Å². The van der Waals surface area contributed by atoms with E-state index < -0.39 is 0 Å². The Kier molecular flexibility index (Phi) is 5.41. The summed E-state index contributed by atoms with van der Waals surface area (Å²) >= 11 is 0. The molecule has 2 rings (SSSR count). The first-order valence-corrected chi connectivity index (χ1v) is 6.94. The van der Waals surface area contributed by atoms with Gasteiger partial charge in [0.15, 0.2) is 6.29 Å². The zero-order valence-electron chi connectivity index (χ0n) is 11.1. The van der Waals surface area contributed by atoms with Crippen LogP contribution in [0.25, 0.3) is 0 Å². The van der Waals surface area contributed by atoms with Crippen LogP contribution in [0.5, 0.6) is 0 Å². The molecule has 104 valence electrons. The predicted molar refractivity (Wildman–Crippen MR) is 66.2 cm³/mol. The number of ether oxygens (including phenoxy) is 3. The van der Waals surface area contributed by atoms with Crippen molar-refractivity contribution < 1.29 is 19.0 Å². The molecule has 0 radical (unpaired) electrons. The summed E-state index contributed by atoms with van der Waals surface area (Å²) in [5, 5.41) is 0. The fourth-order valence-electron chi connectivity index (χ4n) is 2.67. The van der Waals surface area contributed by atoms with Gasteiger partial charge in [-0.2, -0.15) is 0 Å². The van der Waals surface area contributed by atoms with Gasteiger partial charge in [-0.3, -0.25) is 9.69 Å². The summed E-state index contributed by atoms with van der Waals surface area (Å²) in [5.41, 5.74) is 0. The second-order valence-electron chi connectivity index (χ2n) is 4.76. The number of carbonyl (C=O) groups is 1. The number of likely N-dealkylation sites (tertiary alicyclic amines) is 1. The lowest BCUT2D eigenvalue weighted by molar-refractivity contribution is -0.145. The van der Waals surface area contributed by atoms with Gasteiger partial charge in [0, 0.05) is 6.54 Å². The smallest absolute Gasteiger partial charge is 0.307 e. The van der Waals surface area contributed by atoms with Crippen LogP contribution in [0, 0.1) is 0 Å². The summed E-state index contributed by atoms with van der Waals surface area (Å²) in [6.07, 6.45) is 3.84. The molecule has 0 saturated carbocycles. The van der Waals surface area contributed by atoms with Gasteiger partial charge in [-0.1, -0.05) is 6.42 Å². The van der Waals surface area contributed by atoms with Gasteiger partial charge >= 0.3 is 5.97 Å². The Balaban J connectivity index is 1.81. The molecular weight excluding hydrogens is 234 g/mol. The van der Waals surface area contributed by atoms with E-state index in [1.165, 1.54) is 12.8 Å². The average molecular weight is 257 g/mol. The number of piperidine rings is 1. The van der Waals surface area contributed by atoms with Gasteiger partial charge < -0.3 is 14.2 Å². The molecule has 2 aliphatic rings. The fraction of sp³-hybridized carbons (Fsp3) is 0.923. The van der Waals surface area contributed by atoms with Crippen LogP contribution in [0.15, 0.2) is 0 Å². The van der Waals surface area contributed by atoms with E-state index in [1.807, 2.05) is 6.92 Å². The Labute approximate surface area is 108 Å². The van der Waals surface area contributed by atoms with Crippen molar-refractivity contribution in [3.63, 3.8) is 0 Å². The van der Waals surface area contributed by atoms with Crippen LogP contribution in [0.3, 0.4) is 0 Å². The number of hydrogen-bond donors (Lipinski definition) is 0. The minimum atomic E-state index is -0.116. The highest BCUT2D eigenvalue weighted by Gasteiger charge is 2.33. The average Bonchev–Trinajstić information content (AvgIpc) is 2.91. The Morgan fingerprint density at radius 3 is 2.83 bits per heavy atom. The van der Waals surface area contributed by atoms with Gasteiger partial charge in [-0.05, 0) is 26.3 Å². The lowest BCUT2D eigenvalue weighted by Crippen LogP contribution is -2.48. The molecule has 0 spiro atoms. The molecule has 0 aromatic heterocycles. The van der Waals surface area contributed by atoms with Crippen molar-refractivity contribution in [3.05, 3.63) is 0 Å². The molecule has 5 nitrogen and oxygen atoms in total. The molecule has 2 heterocycles. The molecule has 2 saturated heterocycles. The topological polar surface area (TPSA) is 48.0 Å². The minimum absolute atomic E-state index is 0.104. The van der Waals surface area contributed by atoms with Crippen molar-refractivity contribution in [2.75, 3.05) is 32.9 Å². The van der Waals surface area contributed by atoms with E-state index in [1.54, 1.807) is 0 Å². The van der Waals surface area contributed by atoms with Crippen LogP contribution in [-0.2, 0) is 19.0 Å². The zero-order chi connectivity index (χ0) is 12.8. The van der Waals surface area contributed by atoms with Gasteiger partial charge in [0.2, 0.25) is 0 Å². The van der Waals surface area contributed by atoms with Crippen molar-refractivity contribution >= 4 is 5.97 Å². The largest absolute Gasteiger partial charge is 0.466 e. The second-order valence-corrected chi connectivity index (χ2v) is 4.76. The molecule has 18 heavy (non-hydrogen) atoms. The molecule has 0 aromatic carbocycles. The van der Waals surface area contributed by atoms with Crippen LogP contribution in [-0.4, -0.2) is 56.1 Å². The summed E-state index contributed by atoms with van der Waals surface area (Å²) in [7, 11) is 0. The molecular formula is C13H23NO4. The molecule has 0 bridgehead atoms. The van der Waals surface area contributed by atoms with Crippen molar-refractivity contribution in [3.8, 4) is 0 Å². The maximum atomic E-state index is 11.4. The van der Waals surface area contributed by atoms with E-state index in [-0.39, 0.29) is 12.3 Å². The van der Waals surface area contributed by atoms with Gasteiger partial charge in [-0.15, -0.1) is 0 Å². The van der Waals surface area contributed by atoms with E-state index in [0.717, 1.165) is 19.5 Å². The highest BCUT2D eigenvalue weighted by Crippen LogP contribution is 2.24. The maximum Gasteiger partial charge on any atom is 0.307 e. The number of hydrogen-bond acceptors (Lipinski definition) is 5. The van der Waals surface area contributed by atoms with Crippen LogP contribution in [0.4, 0.5) is 0 Å².